The highest BCUT2D eigenvalue weighted by atomic mass is 16.5. The van der Waals surface area contributed by atoms with Crippen molar-refractivity contribution in [2.24, 2.45) is 0 Å². The van der Waals surface area contributed by atoms with Gasteiger partial charge in [0.05, 0.1) is 7.11 Å². The molecule has 0 aliphatic carbocycles. The lowest BCUT2D eigenvalue weighted by Gasteiger charge is -2.27. The second-order valence-corrected chi connectivity index (χ2v) is 5.31. The fourth-order valence-electron chi connectivity index (χ4n) is 2.68. The van der Waals surface area contributed by atoms with Gasteiger partial charge in [-0.25, -0.2) is 0 Å². The summed E-state index contributed by atoms with van der Waals surface area (Å²) >= 11 is 0. The van der Waals surface area contributed by atoms with E-state index < -0.39 is 0 Å². The lowest BCUT2D eigenvalue weighted by atomic mass is 9.98. The molecule has 1 saturated heterocycles. The van der Waals surface area contributed by atoms with Crippen LogP contribution in [-0.2, 0) is 0 Å². The monoisotopic (exact) mass is 264 g/mol. The van der Waals surface area contributed by atoms with Gasteiger partial charge in [-0.05, 0) is 44.9 Å². The molecule has 106 valence electrons. The summed E-state index contributed by atoms with van der Waals surface area (Å²) in [5, 5.41) is 16.7. The lowest BCUT2D eigenvalue weighted by Crippen LogP contribution is -2.37. The minimum absolute atomic E-state index is 0.176. The Kier molecular flexibility index (Phi) is 4.91. The summed E-state index contributed by atoms with van der Waals surface area (Å²) in [4.78, 5) is 0. The molecule has 2 atom stereocenters. The molecule has 4 heteroatoms. The van der Waals surface area contributed by atoms with Crippen LogP contribution in [0.4, 0.5) is 5.69 Å². The van der Waals surface area contributed by atoms with Gasteiger partial charge in [0.25, 0.3) is 0 Å². The third-order valence-corrected chi connectivity index (χ3v) is 3.64. The molecule has 0 radical (unpaired) electrons. The summed E-state index contributed by atoms with van der Waals surface area (Å²) in [7, 11) is 1.56. The van der Waals surface area contributed by atoms with Crippen LogP contribution in [0.25, 0.3) is 0 Å². The van der Waals surface area contributed by atoms with Crippen molar-refractivity contribution in [1.29, 1.82) is 0 Å². The first kappa shape index (κ1) is 14.0. The Hall–Kier alpha value is -1.42. The average Bonchev–Trinajstić information content (AvgIpc) is 2.40. The SMILES string of the molecule is COc1ccc(NC(C)CC2CCCCN2)cc1O. The Morgan fingerprint density at radius 2 is 2.32 bits per heavy atom. The van der Waals surface area contributed by atoms with Crippen molar-refractivity contribution in [3.05, 3.63) is 18.2 Å². The normalized spacial score (nSPS) is 20.8. The Balaban J connectivity index is 1.87. The minimum atomic E-state index is 0.176. The predicted molar refractivity (Wildman–Crippen MR) is 78.0 cm³/mol. The molecule has 1 heterocycles. The van der Waals surface area contributed by atoms with E-state index >= 15 is 0 Å². The summed E-state index contributed by atoms with van der Waals surface area (Å²) in [6, 6.07) is 6.42. The van der Waals surface area contributed by atoms with Crippen molar-refractivity contribution in [2.75, 3.05) is 19.0 Å². The molecule has 2 rings (SSSR count). The van der Waals surface area contributed by atoms with Crippen LogP contribution in [0.1, 0.15) is 32.6 Å². The molecule has 0 spiro atoms. The molecular formula is C15H24N2O2. The van der Waals surface area contributed by atoms with Gasteiger partial charge >= 0.3 is 0 Å². The standard InChI is InChI=1S/C15H24N2O2/c1-11(9-12-5-3-4-8-16-12)17-13-6-7-15(19-2)14(18)10-13/h6-7,10-12,16-18H,3-5,8-9H2,1-2H3. The maximum Gasteiger partial charge on any atom is 0.160 e. The number of hydrogen-bond acceptors (Lipinski definition) is 4. The number of hydrogen-bond donors (Lipinski definition) is 3. The highest BCUT2D eigenvalue weighted by molar-refractivity contribution is 5.54. The van der Waals surface area contributed by atoms with Gasteiger partial charge in [0.2, 0.25) is 0 Å². The highest BCUT2D eigenvalue weighted by Gasteiger charge is 2.15. The van der Waals surface area contributed by atoms with Crippen LogP contribution in [0.3, 0.4) is 0 Å². The largest absolute Gasteiger partial charge is 0.504 e. The van der Waals surface area contributed by atoms with Crippen LogP contribution in [-0.4, -0.2) is 30.8 Å². The van der Waals surface area contributed by atoms with E-state index in [0.29, 0.717) is 17.8 Å². The van der Waals surface area contributed by atoms with E-state index in [4.69, 9.17) is 4.74 Å². The van der Waals surface area contributed by atoms with E-state index in [0.717, 1.165) is 18.7 Å². The molecule has 3 N–H and O–H groups in total. The number of rotatable bonds is 5. The molecular weight excluding hydrogens is 240 g/mol. The summed E-state index contributed by atoms with van der Waals surface area (Å²) < 4.78 is 5.04. The zero-order valence-electron chi connectivity index (χ0n) is 11.8. The molecule has 2 unspecified atom stereocenters. The summed E-state index contributed by atoms with van der Waals surface area (Å²) in [5.74, 6) is 0.683. The molecule has 0 amide bonds. The lowest BCUT2D eigenvalue weighted by molar-refractivity contribution is 0.370. The Morgan fingerprint density at radius 1 is 1.47 bits per heavy atom. The third-order valence-electron chi connectivity index (χ3n) is 3.64. The fraction of sp³-hybridized carbons (Fsp3) is 0.600. The van der Waals surface area contributed by atoms with Gasteiger partial charge in [-0.2, -0.15) is 0 Å². The number of piperidine rings is 1. The molecule has 0 bridgehead atoms. The molecule has 1 fully saturated rings. The molecule has 1 aliphatic heterocycles. The van der Waals surface area contributed by atoms with E-state index in [9.17, 15) is 5.11 Å². The van der Waals surface area contributed by atoms with E-state index in [1.807, 2.05) is 6.07 Å². The first-order valence-electron chi connectivity index (χ1n) is 7.06. The minimum Gasteiger partial charge on any atom is -0.504 e. The molecule has 19 heavy (non-hydrogen) atoms. The first-order valence-corrected chi connectivity index (χ1v) is 7.06. The smallest absolute Gasteiger partial charge is 0.160 e. The molecule has 1 aromatic carbocycles. The molecule has 0 aromatic heterocycles. The summed E-state index contributed by atoms with van der Waals surface area (Å²) in [6.45, 7) is 3.32. The highest BCUT2D eigenvalue weighted by Crippen LogP contribution is 2.29. The number of benzene rings is 1. The van der Waals surface area contributed by atoms with Crippen LogP contribution < -0.4 is 15.4 Å². The van der Waals surface area contributed by atoms with Crippen LogP contribution in [0, 0.1) is 0 Å². The summed E-state index contributed by atoms with van der Waals surface area (Å²) in [5.41, 5.74) is 0.932. The van der Waals surface area contributed by atoms with E-state index in [-0.39, 0.29) is 5.75 Å². The van der Waals surface area contributed by atoms with Gasteiger partial charge in [0.1, 0.15) is 0 Å². The fourth-order valence-corrected chi connectivity index (χ4v) is 2.68. The van der Waals surface area contributed by atoms with Crippen molar-refractivity contribution >= 4 is 5.69 Å². The number of aromatic hydroxyl groups is 1. The number of phenolic OH excluding ortho intramolecular Hbond substituents is 1. The third kappa shape index (κ3) is 4.03. The number of nitrogens with one attached hydrogen (secondary N) is 2. The van der Waals surface area contributed by atoms with Crippen molar-refractivity contribution < 1.29 is 9.84 Å². The van der Waals surface area contributed by atoms with Gasteiger partial charge < -0.3 is 20.5 Å². The van der Waals surface area contributed by atoms with Crippen molar-refractivity contribution in [2.45, 2.75) is 44.7 Å². The van der Waals surface area contributed by atoms with Crippen LogP contribution in [0.5, 0.6) is 11.5 Å². The maximum atomic E-state index is 9.75. The van der Waals surface area contributed by atoms with Crippen molar-refractivity contribution in [3.8, 4) is 11.5 Å². The zero-order valence-corrected chi connectivity index (χ0v) is 11.8. The number of methoxy groups -OCH3 is 1. The zero-order chi connectivity index (χ0) is 13.7. The Bertz CT molecular complexity index is 403. The second-order valence-electron chi connectivity index (χ2n) is 5.31. The van der Waals surface area contributed by atoms with Crippen molar-refractivity contribution in [1.82, 2.24) is 5.32 Å². The van der Waals surface area contributed by atoms with Crippen LogP contribution in [0.2, 0.25) is 0 Å². The number of anilines is 1. The van der Waals surface area contributed by atoms with Gasteiger partial charge in [-0.3, -0.25) is 0 Å². The molecule has 0 saturated carbocycles. The predicted octanol–water partition coefficient (Wildman–Crippen LogP) is 2.73. The van der Waals surface area contributed by atoms with Crippen molar-refractivity contribution in [3.63, 3.8) is 0 Å². The van der Waals surface area contributed by atoms with Crippen LogP contribution >= 0.6 is 0 Å². The van der Waals surface area contributed by atoms with E-state index in [1.54, 1.807) is 19.2 Å². The molecule has 1 aliphatic rings. The van der Waals surface area contributed by atoms with Gasteiger partial charge in [0, 0.05) is 23.8 Å². The van der Waals surface area contributed by atoms with Gasteiger partial charge in [-0.1, -0.05) is 6.42 Å². The Morgan fingerprint density at radius 3 is 2.95 bits per heavy atom. The Labute approximate surface area is 115 Å². The number of ether oxygens (including phenoxy) is 1. The maximum absolute atomic E-state index is 9.75. The second kappa shape index (κ2) is 6.66. The van der Waals surface area contributed by atoms with E-state index in [1.165, 1.54) is 19.3 Å². The number of phenols is 1. The molecule has 1 aromatic rings. The quantitative estimate of drug-likeness (QED) is 0.765. The average molecular weight is 264 g/mol. The van der Waals surface area contributed by atoms with Gasteiger partial charge in [-0.15, -0.1) is 0 Å². The van der Waals surface area contributed by atoms with Crippen LogP contribution in [0.15, 0.2) is 18.2 Å². The topological polar surface area (TPSA) is 53.5 Å². The van der Waals surface area contributed by atoms with E-state index in [2.05, 4.69) is 17.6 Å². The summed E-state index contributed by atoms with van der Waals surface area (Å²) in [6.07, 6.45) is 4.99. The molecule has 4 nitrogen and oxygen atoms in total. The first-order chi connectivity index (χ1) is 9.19. The van der Waals surface area contributed by atoms with Gasteiger partial charge in [0.15, 0.2) is 11.5 Å².